The average Bonchev–Trinajstić information content (AvgIpc) is 3.49. The minimum absolute atomic E-state index is 0.00378. The standard InChI is InChI=1S/C26H43N5O3S/c1-4-10-20(24(32)28-16-15-17(2)3)31(19-13-8-9-14-19)26(34)23-21(27)22(30-35-23)25(33)29-18-11-6-5-7-12-18/h17-20H,4-16,27H2,1-3H3,(H,28,32)(H,29,33). The van der Waals surface area contributed by atoms with Crippen LogP contribution in [0.4, 0.5) is 5.69 Å². The van der Waals surface area contributed by atoms with Crippen molar-refractivity contribution in [1.29, 1.82) is 0 Å². The highest BCUT2D eigenvalue weighted by molar-refractivity contribution is 7.09. The molecular weight excluding hydrogens is 462 g/mol. The molecule has 3 amide bonds. The van der Waals surface area contributed by atoms with E-state index in [0.717, 1.165) is 75.7 Å². The molecule has 0 bridgehead atoms. The van der Waals surface area contributed by atoms with E-state index in [1.54, 1.807) is 4.90 Å². The third-order valence-electron chi connectivity index (χ3n) is 7.25. The molecule has 0 aliphatic heterocycles. The van der Waals surface area contributed by atoms with Crippen LogP contribution in [0.3, 0.4) is 0 Å². The Hall–Kier alpha value is -2.16. The van der Waals surface area contributed by atoms with Crippen LogP contribution in [0.25, 0.3) is 0 Å². The van der Waals surface area contributed by atoms with Gasteiger partial charge < -0.3 is 21.3 Å². The largest absolute Gasteiger partial charge is 0.395 e. The van der Waals surface area contributed by atoms with Crippen LogP contribution in [0.2, 0.25) is 0 Å². The topological polar surface area (TPSA) is 117 Å². The lowest BCUT2D eigenvalue weighted by atomic mass is 9.95. The number of carbonyl (C=O) groups excluding carboxylic acids is 3. The van der Waals surface area contributed by atoms with Gasteiger partial charge >= 0.3 is 0 Å². The molecule has 2 aliphatic rings. The highest BCUT2D eigenvalue weighted by Crippen LogP contribution is 2.32. The predicted octanol–water partition coefficient (Wildman–Crippen LogP) is 4.50. The van der Waals surface area contributed by atoms with Crippen LogP contribution in [-0.4, -0.2) is 51.7 Å². The normalized spacial score (nSPS) is 17.9. The second kappa shape index (κ2) is 13.2. The summed E-state index contributed by atoms with van der Waals surface area (Å²) in [6.45, 7) is 6.87. The van der Waals surface area contributed by atoms with Gasteiger partial charge in [0, 0.05) is 18.6 Å². The van der Waals surface area contributed by atoms with E-state index in [-0.39, 0.29) is 46.1 Å². The van der Waals surface area contributed by atoms with Gasteiger partial charge in [-0.05, 0) is 56.0 Å². The first kappa shape index (κ1) is 27.4. The van der Waals surface area contributed by atoms with E-state index < -0.39 is 6.04 Å². The first-order valence-corrected chi connectivity index (χ1v) is 14.3. The summed E-state index contributed by atoms with van der Waals surface area (Å²) in [4.78, 5) is 42.0. The molecule has 1 atom stereocenters. The number of nitrogens with one attached hydrogen (secondary N) is 2. The molecule has 0 spiro atoms. The lowest BCUT2D eigenvalue weighted by Gasteiger charge is -2.35. The van der Waals surface area contributed by atoms with Crippen molar-refractivity contribution in [3.05, 3.63) is 10.6 Å². The summed E-state index contributed by atoms with van der Waals surface area (Å²) in [7, 11) is 0. The molecule has 0 aromatic carbocycles. The molecular formula is C26H43N5O3S. The third-order valence-corrected chi connectivity index (χ3v) is 8.10. The molecule has 2 fully saturated rings. The maximum Gasteiger partial charge on any atom is 0.273 e. The van der Waals surface area contributed by atoms with Crippen LogP contribution in [0, 0.1) is 5.92 Å². The molecule has 8 nitrogen and oxygen atoms in total. The zero-order valence-electron chi connectivity index (χ0n) is 21.6. The first-order valence-electron chi connectivity index (χ1n) is 13.5. The number of hydrogen-bond acceptors (Lipinski definition) is 6. The predicted molar refractivity (Wildman–Crippen MR) is 140 cm³/mol. The Morgan fingerprint density at radius 3 is 2.34 bits per heavy atom. The number of nitrogens with two attached hydrogens (primary N) is 1. The molecule has 35 heavy (non-hydrogen) atoms. The lowest BCUT2D eigenvalue weighted by molar-refractivity contribution is -0.126. The van der Waals surface area contributed by atoms with Crippen LogP contribution in [0.5, 0.6) is 0 Å². The van der Waals surface area contributed by atoms with Gasteiger partial charge in [0.05, 0.1) is 5.69 Å². The fourth-order valence-electron chi connectivity index (χ4n) is 5.25. The van der Waals surface area contributed by atoms with E-state index in [9.17, 15) is 14.4 Å². The van der Waals surface area contributed by atoms with Crippen molar-refractivity contribution in [3.63, 3.8) is 0 Å². The first-order chi connectivity index (χ1) is 16.8. The Balaban J connectivity index is 1.81. The highest BCUT2D eigenvalue weighted by Gasteiger charge is 2.38. The summed E-state index contributed by atoms with van der Waals surface area (Å²) in [6.07, 6.45) is 11.4. The monoisotopic (exact) mass is 505 g/mol. The van der Waals surface area contributed by atoms with E-state index in [2.05, 4.69) is 28.9 Å². The molecule has 4 N–H and O–H groups in total. The van der Waals surface area contributed by atoms with Crippen molar-refractivity contribution in [2.24, 2.45) is 5.92 Å². The highest BCUT2D eigenvalue weighted by atomic mass is 32.1. The van der Waals surface area contributed by atoms with Gasteiger partial charge in [-0.2, -0.15) is 4.37 Å². The molecule has 196 valence electrons. The molecule has 1 unspecified atom stereocenters. The maximum absolute atomic E-state index is 13.9. The number of carbonyl (C=O) groups is 3. The molecule has 1 aromatic rings. The molecule has 9 heteroatoms. The fraction of sp³-hybridized carbons (Fsp3) is 0.769. The summed E-state index contributed by atoms with van der Waals surface area (Å²) in [5.74, 6) is -0.205. The summed E-state index contributed by atoms with van der Waals surface area (Å²) in [5.41, 5.74) is 6.61. The summed E-state index contributed by atoms with van der Waals surface area (Å²) >= 11 is 0.972. The summed E-state index contributed by atoms with van der Waals surface area (Å²) in [6, 6.07) is -0.422. The van der Waals surface area contributed by atoms with Gasteiger partial charge in [-0.3, -0.25) is 14.4 Å². The van der Waals surface area contributed by atoms with Crippen molar-refractivity contribution in [2.75, 3.05) is 12.3 Å². The van der Waals surface area contributed by atoms with E-state index in [4.69, 9.17) is 5.73 Å². The summed E-state index contributed by atoms with van der Waals surface area (Å²) < 4.78 is 4.29. The number of hydrogen-bond donors (Lipinski definition) is 3. The van der Waals surface area contributed by atoms with E-state index >= 15 is 0 Å². The zero-order chi connectivity index (χ0) is 25.4. The van der Waals surface area contributed by atoms with E-state index in [1.807, 2.05) is 6.92 Å². The van der Waals surface area contributed by atoms with E-state index in [0.29, 0.717) is 18.9 Å². The van der Waals surface area contributed by atoms with Crippen molar-refractivity contribution < 1.29 is 14.4 Å². The van der Waals surface area contributed by atoms with Gasteiger partial charge in [-0.25, -0.2) is 0 Å². The number of nitrogens with zero attached hydrogens (tertiary/aromatic N) is 2. The number of amides is 3. The Bertz CT molecular complexity index is 859. The number of aromatic nitrogens is 1. The van der Waals surface area contributed by atoms with Crippen LogP contribution in [0.15, 0.2) is 0 Å². The Kier molecular flexibility index (Phi) is 10.4. The van der Waals surface area contributed by atoms with Gasteiger partial charge in [-0.15, -0.1) is 0 Å². The molecule has 2 aliphatic carbocycles. The van der Waals surface area contributed by atoms with Crippen LogP contribution in [0.1, 0.15) is 118 Å². The quantitative estimate of drug-likeness (QED) is 0.409. The Morgan fingerprint density at radius 1 is 1.06 bits per heavy atom. The van der Waals surface area contributed by atoms with Gasteiger partial charge in [0.15, 0.2) is 5.69 Å². The smallest absolute Gasteiger partial charge is 0.273 e. The fourth-order valence-corrected chi connectivity index (χ4v) is 5.99. The summed E-state index contributed by atoms with van der Waals surface area (Å²) in [5, 5.41) is 6.09. The van der Waals surface area contributed by atoms with Crippen molar-refractivity contribution >= 4 is 34.9 Å². The van der Waals surface area contributed by atoms with Gasteiger partial charge in [0.25, 0.3) is 11.8 Å². The number of anilines is 1. The second-order valence-electron chi connectivity index (χ2n) is 10.5. The average molecular weight is 506 g/mol. The minimum Gasteiger partial charge on any atom is -0.395 e. The van der Waals surface area contributed by atoms with Crippen LogP contribution >= 0.6 is 11.5 Å². The van der Waals surface area contributed by atoms with Gasteiger partial charge in [-0.1, -0.05) is 59.3 Å². The third kappa shape index (κ3) is 7.18. The molecule has 0 saturated heterocycles. The van der Waals surface area contributed by atoms with Crippen LogP contribution in [-0.2, 0) is 4.79 Å². The molecule has 2 saturated carbocycles. The lowest BCUT2D eigenvalue weighted by Crippen LogP contribution is -2.53. The molecule has 3 rings (SSSR count). The van der Waals surface area contributed by atoms with E-state index in [1.165, 1.54) is 6.42 Å². The Labute approximate surface area is 213 Å². The zero-order valence-corrected chi connectivity index (χ0v) is 22.4. The minimum atomic E-state index is -0.552. The van der Waals surface area contributed by atoms with Gasteiger partial charge in [0.2, 0.25) is 5.91 Å². The maximum atomic E-state index is 13.9. The Morgan fingerprint density at radius 2 is 1.71 bits per heavy atom. The van der Waals surface area contributed by atoms with Crippen LogP contribution < -0.4 is 16.4 Å². The van der Waals surface area contributed by atoms with Crippen molar-refractivity contribution in [2.45, 2.75) is 116 Å². The number of rotatable bonds is 11. The van der Waals surface area contributed by atoms with Crippen molar-refractivity contribution in [1.82, 2.24) is 19.9 Å². The van der Waals surface area contributed by atoms with Crippen molar-refractivity contribution in [3.8, 4) is 0 Å². The molecule has 1 heterocycles. The second-order valence-corrected chi connectivity index (χ2v) is 11.3. The molecule has 1 aromatic heterocycles. The molecule has 0 radical (unpaired) electrons. The number of nitrogen functional groups attached to an aromatic ring is 1. The van der Waals surface area contributed by atoms with Gasteiger partial charge in [0.1, 0.15) is 10.9 Å². The SMILES string of the molecule is CCCC(C(=O)NCCC(C)C)N(C(=O)c1snc(C(=O)NC2CCCCC2)c1N)C1CCCC1.